The molecule has 0 unspecified atom stereocenters. The molecule has 0 aliphatic heterocycles. The van der Waals surface area contributed by atoms with Gasteiger partial charge < -0.3 is 0 Å². The summed E-state index contributed by atoms with van der Waals surface area (Å²) in [6.07, 6.45) is 11.9. The highest BCUT2D eigenvalue weighted by atomic mass is 14.6. The summed E-state index contributed by atoms with van der Waals surface area (Å²) in [4.78, 5) is 3.99. The molecule has 13 heavy (non-hydrogen) atoms. The predicted molar refractivity (Wildman–Crippen MR) is 56.6 cm³/mol. The van der Waals surface area contributed by atoms with Crippen molar-refractivity contribution in [1.29, 1.82) is 0 Å². The van der Waals surface area contributed by atoms with Gasteiger partial charge in [-0.05, 0) is 43.4 Å². The zero-order chi connectivity index (χ0) is 9.36. The molecule has 1 heterocycles. The summed E-state index contributed by atoms with van der Waals surface area (Å²) in [6.45, 7) is 3.71. The molecule has 1 heteroatoms. The van der Waals surface area contributed by atoms with Crippen molar-refractivity contribution in [1.82, 2.24) is 4.98 Å². The zero-order valence-electron chi connectivity index (χ0n) is 8.08. The number of hydrogen-bond acceptors (Lipinski definition) is 1. The molecule has 1 aromatic rings. The second kappa shape index (κ2) is 6.41. The maximum absolute atomic E-state index is 3.99. The molecule has 0 atom stereocenters. The number of pyridine rings is 1. The predicted octanol–water partition coefficient (Wildman–Crippen LogP) is 3.37. The number of nitrogens with zero attached hydrogens (tertiary/aromatic N) is 1. The average Bonchev–Trinajstić information content (AvgIpc) is 2.19. The molecular formula is C12H17N. The van der Waals surface area contributed by atoms with Crippen molar-refractivity contribution in [3.63, 3.8) is 0 Å². The molecule has 0 radical (unpaired) electrons. The summed E-state index contributed by atoms with van der Waals surface area (Å²) in [5.41, 5.74) is 1.40. The van der Waals surface area contributed by atoms with E-state index in [2.05, 4.69) is 23.7 Å². The maximum atomic E-state index is 3.99. The van der Waals surface area contributed by atoms with Gasteiger partial charge in [0.15, 0.2) is 0 Å². The fraction of sp³-hybridized carbons (Fsp3) is 0.417. The van der Waals surface area contributed by atoms with Gasteiger partial charge in [-0.3, -0.25) is 4.98 Å². The molecule has 1 nitrogen and oxygen atoms in total. The molecule has 70 valence electrons. The third-order valence-corrected chi connectivity index (χ3v) is 2.12. The Bertz CT molecular complexity index is 228. The number of allylic oxidation sites excluding steroid dienone is 1. The van der Waals surface area contributed by atoms with Crippen molar-refractivity contribution in [2.75, 3.05) is 0 Å². The minimum absolute atomic E-state index is 1.15. The fourth-order valence-electron chi connectivity index (χ4n) is 1.34. The number of aromatic nitrogens is 1. The number of rotatable bonds is 6. The van der Waals surface area contributed by atoms with Crippen molar-refractivity contribution < 1.29 is 0 Å². The lowest BCUT2D eigenvalue weighted by Gasteiger charge is -1.99. The smallest absolute Gasteiger partial charge is 0.0270 e. The molecule has 0 amide bonds. The van der Waals surface area contributed by atoms with Crippen LogP contribution in [0, 0.1) is 0 Å². The Morgan fingerprint density at radius 3 is 2.62 bits per heavy atom. The molecule has 0 saturated carbocycles. The molecule has 0 aliphatic carbocycles. The van der Waals surface area contributed by atoms with Gasteiger partial charge in [-0.15, -0.1) is 6.58 Å². The number of hydrogen-bond donors (Lipinski definition) is 0. The van der Waals surface area contributed by atoms with Gasteiger partial charge in [0.2, 0.25) is 0 Å². The van der Waals surface area contributed by atoms with Crippen molar-refractivity contribution in [3.05, 3.63) is 42.7 Å². The zero-order valence-corrected chi connectivity index (χ0v) is 8.08. The first-order chi connectivity index (χ1) is 6.43. The summed E-state index contributed by atoms with van der Waals surface area (Å²) in [5, 5.41) is 0. The van der Waals surface area contributed by atoms with Gasteiger partial charge in [0.25, 0.3) is 0 Å². The van der Waals surface area contributed by atoms with E-state index in [-0.39, 0.29) is 0 Å². The lowest BCUT2D eigenvalue weighted by atomic mass is 10.1. The molecule has 1 rings (SSSR count). The van der Waals surface area contributed by atoms with Gasteiger partial charge in [-0.2, -0.15) is 0 Å². The van der Waals surface area contributed by atoms with E-state index in [1.54, 1.807) is 0 Å². The SMILES string of the molecule is C=CCCCCCc1ccncc1. The average molecular weight is 175 g/mol. The first kappa shape index (κ1) is 9.97. The van der Waals surface area contributed by atoms with Crippen molar-refractivity contribution in [2.24, 2.45) is 0 Å². The normalized spacial score (nSPS) is 9.85. The third kappa shape index (κ3) is 4.46. The Morgan fingerprint density at radius 2 is 1.92 bits per heavy atom. The van der Waals surface area contributed by atoms with Crippen LogP contribution in [0.5, 0.6) is 0 Å². The summed E-state index contributed by atoms with van der Waals surface area (Å²) >= 11 is 0. The largest absolute Gasteiger partial charge is 0.265 e. The first-order valence-corrected chi connectivity index (χ1v) is 4.93. The van der Waals surface area contributed by atoms with E-state index in [0.717, 1.165) is 6.42 Å². The highest BCUT2D eigenvalue weighted by Gasteiger charge is 1.91. The van der Waals surface area contributed by atoms with Gasteiger partial charge >= 0.3 is 0 Å². The number of unbranched alkanes of at least 4 members (excludes halogenated alkanes) is 3. The summed E-state index contributed by atoms with van der Waals surface area (Å²) in [7, 11) is 0. The Balaban J connectivity index is 2.10. The minimum atomic E-state index is 1.15. The second-order valence-electron chi connectivity index (χ2n) is 3.24. The Kier molecular flexibility index (Phi) is 4.92. The van der Waals surface area contributed by atoms with Crippen LogP contribution in [0.2, 0.25) is 0 Å². The van der Waals surface area contributed by atoms with Gasteiger partial charge in [-0.25, -0.2) is 0 Å². The Hall–Kier alpha value is -1.11. The Morgan fingerprint density at radius 1 is 1.15 bits per heavy atom. The monoisotopic (exact) mass is 175 g/mol. The van der Waals surface area contributed by atoms with Crippen LogP contribution in [0.4, 0.5) is 0 Å². The van der Waals surface area contributed by atoms with E-state index < -0.39 is 0 Å². The quantitative estimate of drug-likeness (QED) is 0.477. The van der Waals surface area contributed by atoms with E-state index in [0.29, 0.717) is 0 Å². The highest BCUT2D eigenvalue weighted by Crippen LogP contribution is 2.06. The molecule has 0 bridgehead atoms. The maximum Gasteiger partial charge on any atom is 0.0270 e. The van der Waals surface area contributed by atoms with Crippen molar-refractivity contribution in [2.45, 2.75) is 32.1 Å². The lowest BCUT2D eigenvalue weighted by Crippen LogP contribution is -1.85. The van der Waals surface area contributed by atoms with E-state index in [4.69, 9.17) is 0 Å². The summed E-state index contributed by atoms with van der Waals surface area (Å²) in [6, 6.07) is 4.18. The van der Waals surface area contributed by atoms with E-state index in [9.17, 15) is 0 Å². The summed E-state index contributed by atoms with van der Waals surface area (Å²) in [5.74, 6) is 0. The second-order valence-corrected chi connectivity index (χ2v) is 3.24. The highest BCUT2D eigenvalue weighted by molar-refractivity contribution is 5.09. The van der Waals surface area contributed by atoms with Crippen LogP contribution in [0.25, 0.3) is 0 Å². The molecule has 0 aromatic carbocycles. The minimum Gasteiger partial charge on any atom is -0.265 e. The molecular weight excluding hydrogens is 158 g/mol. The van der Waals surface area contributed by atoms with E-state index in [1.165, 1.54) is 31.2 Å². The molecule has 0 fully saturated rings. The van der Waals surface area contributed by atoms with Crippen LogP contribution in [0.3, 0.4) is 0 Å². The molecule has 0 N–H and O–H groups in total. The van der Waals surface area contributed by atoms with Crippen LogP contribution in [-0.4, -0.2) is 4.98 Å². The standard InChI is InChI=1S/C12H17N/c1-2-3-4-5-6-7-12-8-10-13-11-9-12/h2,8-11H,1,3-7H2. The van der Waals surface area contributed by atoms with Gasteiger partial charge in [0.1, 0.15) is 0 Å². The van der Waals surface area contributed by atoms with Gasteiger partial charge in [0, 0.05) is 12.4 Å². The molecule has 0 spiro atoms. The van der Waals surface area contributed by atoms with E-state index in [1.807, 2.05) is 18.5 Å². The summed E-state index contributed by atoms with van der Waals surface area (Å²) < 4.78 is 0. The van der Waals surface area contributed by atoms with Crippen LogP contribution < -0.4 is 0 Å². The molecule has 1 aromatic heterocycles. The Labute approximate surface area is 80.5 Å². The van der Waals surface area contributed by atoms with Crippen molar-refractivity contribution in [3.8, 4) is 0 Å². The lowest BCUT2D eigenvalue weighted by molar-refractivity contribution is 0.687. The van der Waals surface area contributed by atoms with Crippen LogP contribution >= 0.6 is 0 Å². The molecule has 0 aliphatic rings. The molecule has 0 saturated heterocycles. The van der Waals surface area contributed by atoms with Crippen LogP contribution in [0.1, 0.15) is 31.2 Å². The fourth-order valence-corrected chi connectivity index (χ4v) is 1.34. The van der Waals surface area contributed by atoms with Crippen LogP contribution in [0.15, 0.2) is 37.2 Å². The van der Waals surface area contributed by atoms with E-state index >= 15 is 0 Å². The topological polar surface area (TPSA) is 12.9 Å². The van der Waals surface area contributed by atoms with Gasteiger partial charge in [-0.1, -0.05) is 12.5 Å². The third-order valence-electron chi connectivity index (χ3n) is 2.12. The number of aryl methyl sites for hydroxylation is 1. The van der Waals surface area contributed by atoms with Crippen LogP contribution in [-0.2, 0) is 6.42 Å². The first-order valence-electron chi connectivity index (χ1n) is 4.93. The van der Waals surface area contributed by atoms with Gasteiger partial charge in [0.05, 0.1) is 0 Å². The van der Waals surface area contributed by atoms with Crippen molar-refractivity contribution >= 4 is 0 Å².